The van der Waals surface area contributed by atoms with Gasteiger partial charge in [-0.1, -0.05) is 12.1 Å². The normalized spacial score (nSPS) is 15.2. The lowest BCUT2D eigenvalue weighted by Crippen LogP contribution is -2.21. The van der Waals surface area contributed by atoms with Crippen LogP contribution < -0.4 is 15.4 Å². The minimum Gasteiger partial charge on any atom is -0.488 e. The number of carbonyl (C=O) groups is 1. The third-order valence-corrected chi connectivity index (χ3v) is 4.01. The summed E-state index contributed by atoms with van der Waals surface area (Å²) in [5.41, 5.74) is 4.10. The number of amides is 1. The van der Waals surface area contributed by atoms with Crippen molar-refractivity contribution in [3.63, 3.8) is 0 Å². The van der Waals surface area contributed by atoms with E-state index >= 15 is 0 Å². The van der Waals surface area contributed by atoms with Crippen molar-refractivity contribution in [3.8, 4) is 5.75 Å². The molecular weight excluding hydrogens is 339 g/mol. The minimum absolute atomic E-state index is 0.239. The molecule has 1 aliphatic rings. The number of rotatable bonds is 4. The van der Waals surface area contributed by atoms with Crippen LogP contribution in [0.3, 0.4) is 0 Å². The maximum Gasteiger partial charge on any atom is 0.273 e. The molecule has 128 valence electrons. The molecular formula is C19H17FN2O2S. The van der Waals surface area contributed by atoms with E-state index in [1.807, 2.05) is 26.0 Å². The van der Waals surface area contributed by atoms with Gasteiger partial charge < -0.3 is 10.1 Å². The highest BCUT2D eigenvalue weighted by Gasteiger charge is 2.20. The summed E-state index contributed by atoms with van der Waals surface area (Å²) in [5, 5.41) is 5.67. The number of hydrogen-bond acceptors (Lipinski definition) is 3. The molecule has 2 aromatic carbocycles. The summed E-state index contributed by atoms with van der Waals surface area (Å²) in [6.45, 7) is 4.25. The van der Waals surface area contributed by atoms with Gasteiger partial charge in [0.25, 0.3) is 5.91 Å². The van der Waals surface area contributed by atoms with Gasteiger partial charge in [0.15, 0.2) is 5.11 Å². The van der Waals surface area contributed by atoms with Gasteiger partial charge in [0.05, 0.1) is 0 Å². The average Bonchev–Trinajstić information content (AvgIpc) is 2.86. The Bertz CT molecular complexity index is 852. The quantitative estimate of drug-likeness (QED) is 0.651. The van der Waals surface area contributed by atoms with Crippen molar-refractivity contribution < 1.29 is 13.9 Å². The van der Waals surface area contributed by atoms with Gasteiger partial charge >= 0.3 is 0 Å². The smallest absolute Gasteiger partial charge is 0.273 e. The van der Waals surface area contributed by atoms with Crippen LogP contribution >= 0.6 is 12.2 Å². The lowest BCUT2D eigenvalue weighted by Gasteiger charge is -2.13. The summed E-state index contributed by atoms with van der Waals surface area (Å²) in [5.74, 6) is 0.278. The molecule has 6 heteroatoms. The molecule has 0 spiro atoms. The number of aryl methyl sites for hydroxylation is 2. The van der Waals surface area contributed by atoms with E-state index in [9.17, 15) is 9.18 Å². The van der Waals surface area contributed by atoms with Gasteiger partial charge in [-0.05, 0) is 78.7 Å². The average molecular weight is 356 g/mol. The number of thiocarbonyl (C=S) groups is 1. The van der Waals surface area contributed by atoms with Crippen molar-refractivity contribution in [2.24, 2.45) is 0 Å². The molecule has 0 unspecified atom stereocenters. The zero-order chi connectivity index (χ0) is 18.0. The van der Waals surface area contributed by atoms with Gasteiger partial charge in [0.1, 0.15) is 23.9 Å². The first-order valence-electron chi connectivity index (χ1n) is 7.75. The van der Waals surface area contributed by atoms with Crippen LogP contribution in [-0.4, -0.2) is 11.0 Å². The van der Waals surface area contributed by atoms with Gasteiger partial charge in [0, 0.05) is 0 Å². The number of hydrogen-bond donors (Lipinski definition) is 2. The largest absolute Gasteiger partial charge is 0.488 e. The first kappa shape index (κ1) is 17.1. The lowest BCUT2D eigenvalue weighted by atomic mass is 10.0. The fraction of sp³-hybridized carbons (Fsp3) is 0.158. The molecule has 0 aliphatic carbocycles. The topological polar surface area (TPSA) is 50.4 Å². The van der Waals surface area contributed by atoms with E-state index < -0.39 is 0 Å². The SMILES string of the molecule is Cc1cc(/C=C2/NC(=S)NC2=O)cc(C)c1OCc1ccc(F)cc1. The van der Waals surface area contributed by atoms with Crippen LogP contribution in [0, 0.1) is 19.7 Å². The standard InChI is InChI=1S/C19H17FN2O2S/c1-11-7-14(9-16-18(23)22-19(25)21-16)8-12(2)17(11)24-10-13-3-5-15(20)6-4-13/h3-9H,10H2,1-2H3,(H2,21,22,23,25)/b16-9+. The fourth-order valence-corrected chi connectivity index (χ4v) is 2.88. The van der Waals surface area contributed by atoms with Gasteiger partial charge in [-0.2, -0.15) is 0 Å². The Hall–Kier alpha value is -2.73. The van der Waals surface area contributed by atoms with Crippen molar-refractivity contribution in [1.29, 1.82) is 0 Å². The molecule has 25 heavy (non-hydrogen) atoms. The van der Waals surface area contributed by atoms with E-state index in [2.05, 4.69) is 10.6 Å². The van der Waals surface area contributed by atoms with Gasteiger partial charge in [-0.15, -0.1) is 0 Å². The second kappa shape index (κ2) is 7.03. The van der Waals surface area contributed by atoms with Gasteiger partial charge in [-0.25, -0.2) is 4.39 Å². The Balaban J connectivity index is 1.78. The first-order valence-corrected chi connectivity index (χ1v) is 8.16. The molecule has 1 heterocycles. The highest BCUT2D eigenvalue weighted by molar-refractivity contribution is 7.80. The van der Waals surface area contributed by atoms with Gasteiger partial charge in [0.2, 0.25) is 0 Å². The molecule has 1 amide bonds. The predicted octanol–water partition coefficient (Wildman–Crippen LogP) is 3.37. The van der Waals surface area contributed by atoms with E-state index in [-0.39, 0.29) is 11.7 Å². The predicted molar refractivity (Wildman–Crippen MR) is 98.5 cm³/mol. The van der Waals surface area contributed by atoms with Crippen molar-refractivity contribution in [2.75, 3.05) is 0 Å². The number of benzene rings is 2. The highest BCUT2D eigenvalue weighted by Crippen LogP contribution is 2.27. The molecule has 0 saturated carbocycles. The molecule has 0 bridgehead atoms. The molecule has 1 fully saturated rings. The van der Waals surface area contributed by atoms with Crippen LogP contribution in [0.25, 0.3) is 6.08 Å². The highest BCUT2D eigenvalue weighted by atomic mass is 32.1. The molecule has 2 aromatic rings. The van der Waals surface area contributed by atoms with Gasteiger partial charge in [-0.3, -0.25) is 10.1 Å². The van der Waals surface area contributed by atoms with Crippen LogP contribution in [0.1, 0.15) is 22.3 Å². The van der Waals surface area contributed by atoms with Crippen molar-refractivity contribution in [3.05, 3.63) is 70.2 Å². The van der Waals surface area contributed by atoms with Crippen LogP contribution in [0.4, 0.5) is 4.39 Å². The Morgan fingerprint density at radius 2 is 1.76 bits per heavy atom. The van der Waals surface area contributed by atoms with Crippen LogP contribution in [-0.2, 0) is 11.4 Å². The monoisotopic (exact) mass is 356 g/mol. The summed E-state index contributed by atoms with van der Waals surface area (Å²) in [7, 11) is 0. The maximum absolute atomic E-state index is 13.0. The van der Waals surface area contributed by atoms with Crippen molar-refractivity contribution in [2.45, 2.75) is 20.5 Å². The molecule has 0 atom stereocenters. The Morgan fingerprint density at radius 1 is 1.12 bits per heavy atom. The van der Waals surface area contributed by atoms with E-state index in [0.717, 1.165) is 28.0 Å². The number of nitrogens with one attached hydrogen (secondary N) is 2. The summed E-state index contributed by atoms with van der Waals surface area (Å²) in [6, 6.07) is 10.1. The minimum atomic E-state index is -0.266. The zero-order valence-corrected chi connectivity index (χ0v) is 14.7. The summed E-state index contributed by atoms with van der Waals surface area (Å²) in [4.78, 5) is 11.7. The van der Waals surface area contributed by atoms with E-state index in [4.69, 9.17) is 17.0 Å². The third-order valence-electron chi connectivity index (χ3n) is 3.81. The Morgan fingerprint density at radius 3 is 2.32 bits per heavy atom. The van der Waals surface area contributed by atoms with E-state index in [1.165, 1.54) is 12.1 Å². The first-order chi connectivity index (χ1) is 11.9. The lowest BCUT2D eigenvalue weighted by molar-refractivity contribution is -0.115. The maximum atomic E-state index is 13.0. The Labute approximate surface area is 150 Å². The zero-order valence-electron chi connectivity index (χ0n) is 13.9. The molecule has 1 saturated heterocycles. The van der Waals surface area contributed by atoms with Crippen molar-refractivity contribution in [1.82, 2.24) is 10.6 Å². The number of ether oxygens (including phenoxy) is 1. The molecule has 2 N–H and O–H groups in total. The summed E-state index contributed by atoms with van der Waals surface area (Å²) >= 11 is 4.92. The van der Waals surface area contributed by atoms with Crippen molar-refractivity contribution >= 4 is 29.3 Å². The second-order valence-corrected chi connectivity index (χ2v) is 6.27. The molecule has 0 radical (unpaired) electrons. The van der Waals surface area contributed by atoms with Crippen LogP contribution in [0.2, 0.25) is 0 Å². The second-order valence-electron chi connectivity index (χ2n) is 5.87. The Kier molecular flexibility index (Phi) is 4.81. The van der Waals surface area contributed by atoms with E-state index in [1.54, 1.807) is 18.2 Å². The number of carbonyl (C=O) groups excluding carboxylic acids is 1. The molecule has 0 aromatic heterocycles. The van der Waals surface area contributed by atoms with Crippen LogP contribution in [0.15, 0.2) is 42.1 Å². The fourth-order valence-electron chi connectivity index (χ4n) is 2.68. The van der Waals surface area contributed by atoms with E-state index in [0.29, 0.717) is 17.4 Å². The molecule has 1 aliphatic heterocycles. The third kappa shape index (κ3) is 4.03. The van der Waals surface area contributed by atoms with Crippen LogP contribution in [0.5, 0.6) is 5.75 Å². The summed E-state index contributed by atoms with van der Waals surface area (Å²) < 4.78 is 18.9. The summed E-state index contributed by atoms with van der Waals surface area (Å²) in [6.07, 6.45) is 1.75. The molecule has 4 nitrogen and oxygen atoms in total. The number of halogens is 1. The molecule has 3 rings (SSSR count).